The summed E-state index contributed by atoms with van der Waals surface area (Å²) in [5, 5.41) is 2.71. The van der Waals surface area contributed by atoms with Crippen molar-refractivity contribution in [2.75, 3.05) is 19.0 Å². The van der Waals surface area contributed by atoms with Crippen molar-refractivity contribution in [2.24, 2.45) is 5.41 Å². The van der Waals surface area contributed by atoms with Crippen molar-refractivity contribution in [2.45, 2.75) is 38.5 Å². The number of nitrogens with one attached hydrogen (secondary N) is 1. The lowest BCUT2D eigenvalue weighted by Gasteiger charge is -2.30. The summed E-state index contributed by atoms with van der Waals surface area (Å²) in [6, 6.07) is 6.96. The molecular formula is C18H22N2O4. The molecule has 0 unspecified atom stereocenters. The number of likely N-dealkylation sites (tertiary alicyclic amines) is 1. The predicted molar refractivity (Wildman–Crippen MR) is 88.5 cm³/mol. The van der Waals surface area contributed by atoms with Crippen LogP contribution in [0.1, 0.15) is 38.5 Å². The third kappa shape index (κ3) is 3.13. The minimum absolute atomic E-state index is 0.173. The summed E-state index contributed by atoms with van der Waals surface area (Å²) in [7, 11) is 1.55. The highest BCUT2D eigenvalue weighted by molar-refractivity contribution is 6.09. The minimum Gasteiger partial charge on any atom is -0.497 e. The van der Waals surface area contributed by atoms with Gasteiger partial charge in [0.15, 0.2) is 0 Å². The number of hydrogen-bond acceptors (Lipinski definition) is 4. The standard InChI is InChI=1S/C18H22N2O4/c1-24-14-7-5-6-13(10-14)19-15(21)12-20-16(22)11-18(17(20)23)8-3-2-4-9-18/h5-7,10H,2-4,8-9,11-12H2,1H3,(H,19,21). The summed E-state index contributed by atoms with van der Waals surface area (Å²) in [6.45, 7) is -0.226. The maximum absolute atomic E-state index is 12.7. The predicted octanol–water partition coefficient (Wildman–Crippen LogP) is 2.34. The van der Waals surface area contributed by atoms with Crippen molar-refractivity contribution in [1.29, 1.82) is 0 Å². The van der Waals surface area contributed by atoms with Crippen molar-refractivity contribution >= 4 is 23.4 Å². The SMILES string of the molecule is COc1cccc(NC(=O)CN2C(=O)CC3(CCCCC3)C2=O)c1. The van der Waals surface area contributed by atoms with Crippen LogP contribution in [0.4, 0.5) is 5.69 Å². The smallest absolute Gasteiger partial charge is 0.244 e. The Morgan fingerprint density at radius 3 is 2.71 bits per heavy atom. The zero-order valence-electron chi connectivity index (χ0n) is 13.8. The fourth-order valence-electron chi connectivity index (χ4n) is 3.68. The Hall–Kier alpha value is -2.37. The lowest BCUT2D eigenvalue weighted by molar-refractivity contribution is -0.144. The molecule has 0 aromatic heterocycles. The summed E-state index contributed by atoms with van der Waals surface area (Å²) < 4.78 is 5.11. The van der Waals surface area contributed by atoms with E-state index in [-0.39, 0.29) is 30.7 Å². The number of carbonyl (C=O) groups is 3. The number of anilines is 1. The zero-order chi connectivity index (χ0) is 17.2. The number of hydrogen-bond donors (Lipinski definition) is 1. The number of amides is 3. The molecule has 2 fully saturated rings. The topological polar surface area (TPSA) is 75.7 Å². The third-order valence-electron chi connectivity index (χ3n) is 4.96. The van der Waals surface area contributed by atoms with Crippen molar-refractivity contribution in [1.82, 2.24) is 4.90 Å². The Labute approximate surface area is 141 Å². The van der Waals surface area contributed by atoms with E-state index in [1.165, 1.54) is 0 Å². The highest BCUT2D eigenvalue weighted by atomic mass is 16.5. The van der Waals surface area contributed by atoms with Gasteiger partial charge in [-0.25, -0.2) is 0 Å². The van der Waals surface area contributed by atoms with Gasteiger partial charge in [0.1, 0.15) is 12.3 Å². The van der Waals surface area contributed by atoms with Crippen LogP contribution in [0.2, 0.25) is 0 Å². The summed E-state index contributed by atoms with van der Waals surface area (Å²) in [4.78, 5) is 38.3. The van der Waals surface area contributed by atoms with Gasteiger partial charge in [-0.1, -0.05) is 25.3 Å². The second kappa shape index (κ2) is 6.63. The molecule has 128 valence electrons. The molecule has 1 aromatic carbocycles. The molecule has 1 aromatic rings. The molecule has 1 aliphatic heterocycles. The maximum Gasteiger partial charge on any atom is 0.244 e. The van der Waals surface area contributed by atoms with Gasteiger partial charge >= 0.3 is 0 Å². The van der Waals surface area contributed by atoms with Crippen LogP contribution in [0.15, 0.2) is 24.3 Å². The Kier molecular flexibility index (Phi) is 4.55. The van der Waals surface area contributed by atoms with Gasteiger partial charge in [-0.05, 0) is 25.0 Å². The zero-order valence-corrected chi connectivity index (χ0v) is 13.8. The van der Waals surface area contributed by atoms with E-state index in [1.54, 1.807) is 31.4 Å². The Morgan fingerprint density at radius 2 is 2.00 bits per heavy atom. The molecule has 0 bridgehead atoms. The van der Waals surface area contributed by atoms with E-state index in [0.717, 1.165) is 37.0 Å². The van der Waals surface area contributed by atoms with Crippen LogP contribution in [0.25, 0.3) is 0 Å². The first-order chi connectivity index (χ1) is 11.5. The van der Waals surface area contributed by atoms with Crippen molar-refractivity contribution in [3.63, 3.8) is 0 Å². The van der Waals surface area contributed by atoms with Crippen LogP contribution in [-0.4, -0.2) is 36.3 Å². The van der Waals surface area contributed by atoms with Crippen LogP contribution in [0.3, 0.4) is 0 Å². The van der Waals surface area contributed by atoms with Crippen molar-refractivity contribution < 1.29 is 19.1 Å². The number of benzene rings is 1. The van der Waals surface area contributed by atoms with Gasteiger partial charge in [-0.2, -0.15) is 0 Å². The Morgan fingerprint density at radius 1 is 1.25 bits per heavy atom. The quantitative estimate of drug-likeness (QED) is 0.860. The Bertz CT molecular complexity index is 665. The first-order valence-electron chi connectivity index (χ1n) is 8.33. The summed E-state index contributed by atoms with van der Waals surface area (Å²) in [5.41, 5.74) is 0.0248. The normalized spacial score (nSPS) is 19.6. The number of imide groups is 1. The van der Waals surface area contributed by atoms with Crippen LogP contribution >= 0.6 is 0 Å². The van der Waals surface area contributed by atoms with E-state index in [2.05, 4.69) is 5.32 Å². The fourth-order valence-corrected chi connectivity index (χ4v) is 3.68. The minimum atomic E-state index is -0.550. The molecule has 3 amide bonds. The van der Waals surface area contributed by atoms with E-state index >= 15 is 0 Å². The van der Waals surface area contributed by atoms with E-state index in [1.807, 2.05) is 0 Å². The number of carbonyl (C=O) groups excluding carboxylic acids is 3. The van der Waals surface area contributed by atoms with Gasteiger partial charge in [0.05, 0.1) is 12.5 Å². The van der Waals surface area contributed by atoms with Crippen LogP contribution in [0.5, 0.6) is 5.75 Å². The molecule has 2 aliphatic rings. The van der Waals surface area contributed by atoms with Gasteiger partial charge in [0, 0.05) is 18.2 Å². The molecule has 1 N–H and O–H groups in total. The van der Waals surface area contributed by atoms with Crippen LogP contribution in [0, 0.1) is 5.41 Å². The highest BCUT2D eigenvalue weighted by Gasteiger charge is 2.51. The van der Waals surface area contributed by atoms with Gasteiger partial charge in [0.2, 0.25) is 17.7 Å². The molecule has 6 heteroatoms. The van der Waals surface area contributed by atoms with Gasteiger partial charge < -0.3 is 10.1 Å². The van der Waals surface area contributed by atoms with E-state index in [0.29, 0.717) is 11.4 Å². The number of methoxy groups -OCH3 is 1. The lowest BCUT2D eigenvalue weighted by Crippen LogP contribution is -2.41. The molecular weight excluding hydrogens is 308 g/mol. The molecule has 1 saturated heterocycles. The van der Waals surface area contributed by atoms with Crippen molar-refractivity contribution in [3.05, 3.63) is 24.3 Å². The van der Waals surface area contributed by atoms with Crippen molar-refractivity contribution in [3.8, 4) is 5.75 Å². The largest absolute Gasteiger partial charge is 0.497 e. The molecule has 3 rings (SSSR count). The van der Waals surface area contributed by atoms with Gasteiger partial charge in [0.25, 0.3) is 0 Å². The molecule has 0 atom stereocenters. The molecule has 0 radical (unpaired) electrons. The van der Waals surface area contributed by atoms with E-state index < -0.39 is 5.41 Å². The molecule has 1 aliphatic carbocycles. The summed E-state index contributed by atoms with van der Waals surface area (Å²) in [6.07, 6.45) is 4.82. The molecule has 24 heavy (non-hydrogen) atoms. The average molecular weight is 330 g/mol. The number of rotatable bonds is 4. The highest BCUT2D eigenvalue weighted by Crippen LogP contribution is 2.45. The first kappa shape index (κ1) is 16.5. The van der Waals surface area contributed by atoms with Crippen LogP contribution in [-0.2, 0) is 14.4 Å². The molecule has 1 heterocycles. The number of ether oxygens (including phenoxy) is 1. The maximum atomic E-state index is 12.7. The molecule has 1 saturated carbocycles. The van der Waals surface area contributed by atoms with E-state index in [4.69, 9.17) is 4.74 Å². The lowest BCUT2D eigenvalue weighted by atomic mass is 9.73. The van der Waals surface area contributed by atoms with E-state index in [9.17, 15) is 14.4 Å². The van der Waals surface area contributed by atoms with Crippen LogP contribution < -0.4 is 10.1 Å². The van der Waals surface area contributed by atoms with Gasteiger partial charge in [-0.3, -0.25) is 19.3 Å². The fraction of sp³-hybridized carbons (Fsp3) is 0.500. The monoisotopic (exact) mass is 330 g/mol. The second-order valence-electron chi connectivity index (χ2n) is 6.58. The summed E-state index contributed by atoms with van der Waals surface area (Å²) >= 11 is 0. The second-order valence-corrected chi connectivity index (χ2v) is 6.58. The average Bonchev–Trinajstić information content (AvgIpc) is 2.80. The Balaban J connectivity index is 1.65. The summed E-state index contributed by atoms with van der Waals surface area (Å²) in [5.74, 6) is -0.157. The first-order valence-corrected chi connectivity index (χ1v) is 8.33. The molecule has 6 nitrogen and oxygen atoms in total. The number of nitrogens with zero attached hydrogens (tertiary/aromatic N) is 1. The third-order valence-corrected chi connectivity index (χ3v) is 4.96. The van der Waals surface area contributed by atoms with Gasteiger partial charge in [-0.15, -0.1) is 0 Å². The molecule has 1 spiro atoms.